The lowest BCUT2D eigenvalue weighted by atomic mass is 10.0. The van der Waals surface area contributed by atoms with E-state index in [0.717, 1.165) is 18.2 Å². The minimum absolute atomic E-state index is 0.250. The third-order valence-corrected chi connectivity index (χ3v) is 1.73. The summed E-state index contributed by atoms with van der Waals surface area (Å²) < 4.78 is 0. The van der Waals surface area contributed by atoms with Crippen molar-refractivity contribution in [2.24, 2.45) is 0 Å². The first-order chi connectivity index (χ1) is 8.34. The van der Waals surface area contributed by atoms with Gasteiger partial charge in [0.05, 0.1) is 16.7 Å². The SMILES string of the molecule is O=C(O)c1ccc(C(=O)O)c(C(=O)O)c1.O=CO. The maximum absolute atomic E-state index is 10.6. The van der Waals surface area contributed by atoms with Crippen LogP contribution < -0.4 is 0 Å². The molecule has 8 nitrogen and oxygen atoms in total. The number of rotatable bonds is 3. The van der Waals surface area contributed by atoms with Gasteiger partial charge < -0.3 is 20.4 Å². The molecule has 0 atom stereocenters. The lowest BCUT2D eigenvalue weighted by molar-refractivity contribution is -0.122. The second kappa shape index (κ2) is 6.63. The number of carboxylic acid groups (broad SMARTS) is 4. The quantitative estimate of drug-likeness (QED) is 0.570. The van der Waals surface area contributed by atoms with E-state index in [0.29, 0.717) is 0 Å². The molecule has 0 saturated heterocycles. The molecule has 0 aliphatic carbocycles. The zero-order valence-corrected chi connectivity index (χ0v) is 8.73. The lowest BCUT2D eigenvalue weighted by Gasteiger charge is -2.02. The van der Waals surface area contributed by atoms with Gasteiger partial charge in [0.15, 0.2) is 0 Å². The van der Waals surface area contributed by atoms with Gasteiger partial charge in [-0.05, 0) is 18.2 Å². The summed E-state index contributed by atoms with van der Waals surface area (Å²) in [4.78, 5) is 40.1. The first kappa shape index (κ1) is 15.1. The summed E-state index contributed by atoms with van der Waals surface area (Å²) in [7, 11) is 0. The van der Waals surface area contributed by atoms with Crippen molar-refractivity contribution in [1.82, 2.24) is 0 Å². The molecule has 0 aliphatic rings. The number of benzene rings is 1. The second-order valence-corrected chi connectivity index (χ2v) is 2.78. The number of carboxylic acids is 3. The van der Waals surface area contributed by atoms with E-state index >= 15 is 0 Å². The highest BCUT2D eigenvalue weighted by atomic mass is 16.4. The van der Waals surface area contributed by atoms with Crippen molar-refractivity contribution >= 4 is 24.4 Å². The average molecular weight is 256 g/mol. The van der Waals surface area contributed by atoms with Gasteiger partial charge in [0.25, 0.3) is 6.47 Å². The minimum atomic E-state index is -1.48. The maximum atomic E-state index is 10.6. The van der Waals surface area contributed by atoms with Crippen LogP contribution in [-0.2, 0) is 4.79 Å². The zero-order valence-electron chi connectivity index (χ0n) is 8.73. The molecule has 8 heteroatoms. The number of aromatic carboxylic acids is 3. The van der Waals surface area contributed by atoms with Gasteiger partial charge in [-0.2, -0.15) is 0 Å². The summed E-state index contributed by atoms with van der Waals surface area (Å²) in [5, 5.41) is 32.8. The zero-order chi connectivity index (χ0) is 14.3. The van der Waals surface area contributed by atoms with Gasteiger partial charge in [0.1, 0.15) is 0 Å². The Morgan fingerprint density at radius 2 is 1.33 bits per heavy atom. The van der Waals surface area contributed by atoms with E-state index in [1.165, 1.54) is 0 Å². The van der Waals surface area contributed by atoms with Crippen LogP contribution in [0.1, 0.15) is 31.1 Å². The third-order valence-electron chi connectivity index (χ3n) is 1.73. The summed E-state index contributed by atoms with van der Waals surface area (Å²) >= 11 is 0. The van der Waals surface area contributed by atoms with Crippen LogP contribution in [0, 0.1) is 0 Å². The van der Waals surface area contributed by atoms with Crippen molar-refractivity contribution < 1.29 is 39.6 Å². The van der Waals surface area contributed by atoms with Crippen molar-refractivity contribution in [3.8, 4) is 0 Å². The molecule has 1 aromatic carbocycles. The van der Waals surface area contributed by atoms with E-state index in [-0.39, 0.29) is 12.0 Å². The normalized spacial score (nSPS) is 8.67. The fraction of sp³-hybridized carbons (Fsp3) is 0. The van der Waals surface area contributed by atoms with E-state index in [1.54, 1.807) is 0 Å². The number of carbonyl (C=O) groups is 4. The number of hydrogen-bond acceptors (Lipinski definition) is 4. The molecule has 0 unspecified atom stereocenters. The molecule has 0 aliphatic heterocycles. The Morgan fingerprint density at radius 1 is 0.889 bits per heavy atom. The molecule has 0 heterocycles. The van der Waals surface area contributed by atoms with Crippen LogP contribution in [0.3, 0.4) is 0 Å². The van der Waals surface area contributed by atoms with Gasteiger partial charge in [0, 0.05) is 0 Å². The predicted octanol–water partition coefficient (Wildman–Crippen LogP) is 0.482. The van der Waals surface area contributed by atoms with Crippen LogP contribution in [0.2, 0.25) is 0 Å². The van der Waals surface area contributed by atoms with Crippen LogP contribution in [-0.4, -0.2) is 44.8 Å². The Bertz CT molecular complexity index is 491. The van der Waals surface area contributed by atoms with Crippen molar-refractivity contribution in [3.63, 3.8) is 0 Å². The lowest BCUT2D eigenvalue weighted by Crippen LogP contribution is -2.10. The molecule has 0 fully saturated rings. The van der Waals surface area contributed by atoms with Gasteiger partial charge in [0.2, 0.25) is 0 Å². The summed E-state index contributed by atoms with van der Waals surface area (Å²) in [5.41, 5.74) is -1.24. The summed E-state index contributed by atoms with van der Waals surface area (Å²) in [6.07, 6.45) is 0. The average Bonchev–Trinajstić information content (AvgIpc) is 2.28. The van der Waals surface area contributed by atoms with Crippen molar-refractivity contribution in [3.05, 3.63) is 34.9 Å². The van der Waals surface area contributed by atoms with Crippen molar-refractivity contribution in [1.29, 1.82) is 0 Å². The van der Waals surface area contributed by atoms with E-state index < -0.39 is 29.0 Å². The van der Waals surface area contributed by atoms with Gasteiger partial charge in [-0.3, -0.25) is 4.79 Å². The Balaban J connectivity index is 0.000000873. The van der Waals surface area contributed by atoms with Crippen molar-refractivity contribution in [2.75, 3.05) is 0 Å². The van der Waals surface area contributed by atoms with Crippen LogP contribution >= 0.6 is 0 Å². The Hall–Kier alpha value is -2.90. The molecule has 0 bridgehead atoms. The molecule has 0 saturated carbocycles. The first-order valence-corrected chi connectivity index (χ1v) is 4.27. The van der Waals surface area contributed by atoms with Gasteiger partial charge in [-0.15, -0.1) is 0 Å². The molecule has 1 rings (SSSR count). The Morgan fingerprint density at radius 3 is 1.67 bits per heavy atom. The van der Waals surface area contributed by atoms with Gasteiger partial charge >= 0.3 is 17.9 Å². The highest BCUT2D eigenvalue weighted by molar-refractivity contribution is 6.03. The summed E-state index contributed by atoms with van der Waals surface area (Å²) in [5.74, 6) is -4.20. The van der Waals surface area contributed by atoms with E-state index in [1.807, 2.05) is 0 Å². The Labute approximate surface area is 99.7 Å². The predicted molar refractivity (Wildman–Crippen MR) is 56.0 cm³/mol. The molecule has 0 spiro atoms. The highest BCUT2D eigenvalue weighted by Gasteiger charge is 2.17. The monoisotopic (exact) mass is 256 g/mol. The molecular weight excluding hydrogens is 248 g/mol. The second-order valence-electron chi connectivity index (χ2n) is 2.78. The molecule has 96 valence electrons. The van der Waals surface area contributed by atoms with Crippen LogP contribution in [0.25, 0.3) is 0 Å². The standard InChI is InChI=1S/C9H6O6.CH2O2/c10-7(11)4-1-2-5(8(12)13)6(3-4)9(14)15;2-1-3/h1-3H,(H,10,11)(H,12,13)(H,14,15);1H,(H,2,3). The summed E-state index contributed by atoms with van der Waals surface area (Å²) in [6, 6.07) is 2.81. The summed E-state index contributed by atoms with van der Waals surface area (Å²) in [6.45, 7) is -0.250. The third kappa shape index (κ3) is 3.93. The van der Waals surface area contributed by atoms with Gasteiger partial charge in [-0.1, -0.05) is 0 Å². The molecule has 0 amide bonds. The smallest absolute Gasteiger partial charge is 0.336 e. The van der Waals surface area contributed by atoms with Crippen LogP contribution in [0.5, 0.6) is 0 Å². The fourth-order valence-electron chi connectivity index (χ4n) is 1.04. The highest BCUT2D eigenvalue weighted by Crippen LogP contribution is 2.12. The molecule has 0 aromatic heterocycles. The number of hydrogen-bond donors (Lipinski definition) is 4. The molecular formula is C10H8O8. The van der Waals surface area contributed by atoms with Crippen LogP contribution in [0.4, 0.5) is 0 Å². The Kier molecular flexibility index (Phi) is 5.56. The molecule has 18 heavy (non-hydrogen) atoms. The largest absolute Gasteiger partial charge is 0.483 e. The molecule has 0 radical (unpaired) electrons. The van der Waals surface area contributed by atoms with Crippen LogP contribution in [0.15, 0.2) is 18.2 Å². The maximum Gasteiger partial charge on any atom is 0.336 e. The topological polar surface area (TPSA) is 149 Å². The molecule has 4 N–H and O–H groups in total. The van der Waals surface area contributed by atoms with E-state index in [4.69, 9.17) is 25.2 Å². The molecule has 1 aromatic rings. The first-order valence-electron chi connectivity index (χ1n) is 4.27. The van der Waals surface area contributed by atoms with Gasteiger partial charge in [-0.25, -0.2) is 14.4 Å². The fourth-order valence-corrected chi connectivity index (χ4v) is 1.04. The van der Waals surface area contributed by atoms with E-state index in [9.17, 15) is 14.4 Å². The van der Waals surface area contributed by atoms with Crippen molar-refractivity contribution in [2.45, 2.75) is 0 Å². The van der Waals surface area contributed by atoms with E-state index in [2.05, 4.69) is 0 Å². The minimum Gasteiger partial charge on any atom is -0.483 e.